The van der Waals surface area contributed by atoms with Crippen LogP contribution in [0.4, 0.5) is 0 Å². The van der Waals surface area contributed by atoms with Gasteiger partial charge >= 0.3 is 0 Å². The van der Waals surface area contributed by atoms with Gasteiger partial charge in [0.05, 0.1) is 69.6 Å². The van der Waals surface area contributed by atoms with E-state index in [2.05, 4.69) is 39.2 Å². The van der Waals surface area contributed by atoms with Crippen molar-refractivity contribution in [2.45, 2.75) is 185 Å². The van der Waals surface area contributed by atoms with Crippen LogP contribution in [0.5, 0.6) is 0 Å². The summed E-state index contributed by atoms with van der Waals surface area (Å²) in [7, 11) is -2.67. The van der Waals surface area contributed by atoms with Gasteiger partial charge in [-0.3, -0.25) is 4.79 Å². The van der Waals surface area contributed by atoms with Gasteiger partial charge in [-0.25, -0.2) is 0 Å². The van der Waals surface area contributed by atoms with Crippen molar-refractivity contribution in [2.75, 3.05) is 13.2 Å². The van der Waals surface area contributed by atoms with Gasteiger partial charge in [0.15, 0.2) is 20.4 Å². The van der Waals surface area contributed by atoms with Gasteiger partial charge in [-0.05, 0) is 80.4 Å². The standard InChI is InChI=1S/C58H81NO12Si/c1-39-52(63-34-41-22-14-10-15-23-41)55(65-36-43-26-18-12-19-27-43)54(64-35-42-24-16-11-17-25-42)49(68-39)32-45(47(62)30-31-60)48(71-72(8,9)57(3,4)5)33-46-51(59-40(2)61)56(66-37-44-28-20-13-21-29-44)69-50-38-67-58(6,7)70-53(46)50/h10-29,39,45-56,60,62H,30-38H2,1-9H3,(H,59,61)/t39-,45+,46+,47-,48-,49-,50+,51+,52+,53-,54+,55+,56-/m0/s1. The van der Waals surface area contributed by atoms with Crippen LogP contribution in [0.1, 0.15) is 90.0 Å². The fraction of sp³-hybridized carbons (Fsp3) is 0.569. The predicted octanol–water partition coefficient (Wildman–Crippen LogP) is 9.27. The van der Waals surface area contributed by atoms with E-state index in [-0.39, 0.29) is 50.2 Å². The average molecular weight is 1010 g/mol. The van der Waals surface area contributed by atoms with Crippen LogP contribution in [-0.4, -0.2) is 111 Å². The van der Waals surface area contributed by atoms with Crippen molar-refractivity contribution in [3.63, 3.8) is 0 Å². The lowest BCUT2D eigenvalue weighted by Crippen LogP contribution is -2.66. The van der Waals surface area contributed by atoms with Crippen LogP contribution < -0.4 is 5.32 Å². The Morgan fingerprint density at radius 3 is 1.71 bits per heavy atom. The largest absolute Gasteiger partial charge is 0.414 e. The third-order valence-electron chi connectivity index (χ3n) is 14.9. The monoisotopic (exact) mass is 1010 g/mol. The number of benzene rings is 4. The van der Waals surface area contributed by atoms with Gasteiger partial charge in [0.1, 0.15) is 24.4 Å². The van der Waals surface area contributed by atoms with Crippen LogP contribution in [0.3, 0.4) is 0 Å². The van der Waals surface area contributed by atoms with Crippen LogP contribution in [-0.2, 0) is 73.5 Å². The Kier molecular flexibility index (Phi) is 19.8. The Morgan fingerprint density at radius 2 is 1.22 bits per heavy atom. The van der Waals surface area contributed by atoms with Gasteiger partial charge in [-0.2, -0.15) is 0 Å². The molecule has 3 fully saturated rings. The van der Waals surface area contributed by atoms with E-state index in [1.54, 1.807) is 0 Å². The molecule has 0 aromatic heterocycles. The van der Waals surface area contributed by atoms with E-state index >= 15 is 0 Å². The molecule has 394 valence electrons. The average Bonchev–Trinajstić information content (AvgIpc) is 3.35. The van der Waals surface area contributed by atoms with Crippen molar-refractivity contribution in [1.82, 2.24) is 5.32 Å². The van der Waals surface area contributed by atoms with Crippen LogP contribution in [0.15, 0.2) is 121 Å². The fourth-order valence-electron chi connectivity index (χ4n) is 10.1. The van der Waals surface area contributed by atoms with Gasteiger partial charge < -0.3 is 57.9 Å². The predicted molar refractivity (Wildman–Crippen MR) is 278 cm³/mol. The van der Waals surface area contributed by atoms with Crippen LogP contribution in [0.2, 0.25) is 18.1 Å². The maximum atomic E-state index is 13.3. The van der Waals surface area contributed by atoms with Crippen molar-refractivity contribution in [3.8, 4) is 0 Å². The highest BCUT2D eigenvalue weighted by Gasteiger charge is 2.55. The molecule has 0 aliphatic carbocycles. The number of nitrogens with one attached hydrogen (secondary N) is 1. The molecular weight excluding hydrogens is 931 g/mol. The van der Waals surface area contributed by atoms with E-state index in [0.717, 1.165) is 22.3 Å². The first-order chi connectivity index (χ1) is 34.4. The summed E-state index contributed by atoms with van der Waals surface area (Å²) in [5, 5.41) is 26.2. The highest BCUT2D eigenvalue weighted by atomic mass is 28.4. The second-order valence-corrected chi connectivity index (χ2v) is 26.6. The van der Waals surface area contributed by atoms with Crippen LogP contribution in [0.25, 0.3) is 0 Å². The maximum absolute atomic E-state index is 13.3. The molecule has 3 aliphatic rings. The number of rotatable bonds is 23. The molecule has 13 nitrogen and oxygen atoms in total. The van der Waals surface area contributed by atoms with Crippen molar-refractivity contribution in [3.05, 3.63) is 144 Å². The molecule has 13 atom stereocenters. The fourth-order valence-corrected chi connectivity index (χ4v) is 11.4. The third-order valence-corrected chi connectivity index (χ3v) is 19.4. The molecule has 7 rings (SSSR count). The highest BCUT2D eigenvalue weighted by molar-refractivity contribution is 6.74. The highest BCUT2D eigenvalue weighted by Crippen LogP contribution is 2.45. The summed E-state index contributed by atoms with van der Waals surface area (Å²) in [6.45, 7) is 19.4. The van der Waals surface area contributed by atoms with Crippen molar-refractivity contribution in [2.24, 2.45) is 11.8 Å². The molecule has 3 N–H and O–H groups in total. The van der Waals surface area contributed by atoms with Crippen molar-refractivity contribution >= 4 is 14.2 Å². The summed E-state index contributed by atoms with van der Waals surface area (Å²) >= 11 is 0. The minimum atomic E-state index is -2.67. The summed E-state index contributed by atoms with van der Waals surface area (Å²) in [5.41, 5.74) is 3.96. The topological polar surface area (TPSA) is 153 Å². The molecule has 0 radical (unpaired) electrons. The molecule has 1 amide bonds. The molecule has 0 bridgehead atoms. The Morgan fingerprint density at radius 1 is 0.736 bits per heavy atom. The molecule has 0 spiro atoms. The zero-order valence-electron chi connectivity index (χ0n) is 43.9. The molecule has 4 aromatic rings. The first kappa shape index (κ1) is 55.9. The maximum Gasteiger partial charge on any atom is 0.217 e. The molecule has 3 aliphatic heterocycles. The number of aliphatic hydroxyl groups is 2. The first-order valence-corrected chi connectivity index (χ1v) is 28.8. The third kappa shape index (κ3) is 15.1. The molecule has 4 aromatic carbocycles. The summed E-state index contributed by atoms with van der Waals surface area (Å²) in [4.78, 5) is 13.3. The number of hydrogen-bond donors (Lipinski definition) is 3. The van der Waals surface area contributed by atoms with Gasteiger partial charge in [0, 0.05) is 25.4 Å². The van der Waals surface area contributed by atoms with E-state index in [1.807, 2.05) is 142 Å². The zero-order chi connectivity index (χ0) is 51.5. The molecule has 3 heterocycles. The normalized spacial score (nSPS) is 27.8. The molecule has 72 heavy (non-hydrogen) atoms. The Bertz CT molecular complexity index is 2220. The molecule has 14 heteroatoms. The minimum Gasteiger partial charge on any atom is -0.414 e. The number of carbonyl (C=O) groups excluding carboxylic acids is 1. The van der Waals surface area contributed by atoms with Gasteiger partial charge in [-0.1, -0.05) is 142 Å². The lowest BCUT2D eigenvalue weighted by atomic mass is 9.76. The zero-order valence-corrected chi connectivity index (χ0v) is 44.9. The summed E-state index contributed by atoms with van der Waals surface area (Å²) < 4.78 is 62.0. The van der Waals surface area contributed by atoms with Crippen LogP contribution in [0, 0.1) is 11.8 Å². The van der Waals surface area contributed by atoms with E-state index in [0.29, 0.717) is 19.6 Å². The SMILES string of the molecule is CC(=O)N[C@H]1[C@@H](OCc2ccccc2)O[C@@H]2COC(C)(C)O[C@H]2[C@@H]1C[C@H](O[Si](C)(C)C(C)(C)C)[C@H](C[C@@H]1O[C@@H](C)[C@@H](OCc2ccccc2)[C@@H](OCc2ccccc2)[C@@H]1OCc1ccccc1)[C@@H](O)CCO. The number of carbonyl (C=O) groups is 1. The molecular formula is C58H81NO12Si. The van der Waals surface area contributed by atoms with Gasteiger partial charge in [0.2, 0.25) is 5.91 Å². The van der Waals surface area contributed by atoms with Crippen molar-refractivity contribution in [1.29, 1.82) is 0 Å². The smallest absolute Gasteiger partial charge is 0.217 e. The second kappa shape index (κ2) is 25.6. The van der Waals surface area contributed by atoms with E-state index < -0.39 is 93.2 Å². The Labute approximate surface area is 429 Å². The van der Waals surface area contributed by atoms with E-state index in [1.165, 1.54) is 6.92 Å². The molecule has 0 saturated carbocycles. The lowest BCUT2D eigenvalue weighted by molar-refractivity contribution is -0.365. The molecule has 0 unspecified atom stereocenters. The Balaban J connectivity index is 1.30. The number of hydrogen-bond acceptors (Lipinski definition) is 12. The van der Waals surface area contributed by atoms with E-state index in [9.17, 15) is 15.0 Å². The quantitative estimate of drug-likeness (QED) is 0.0608. The summed E-state index contributed by atoms with van der Waals surface area (Å²) in [6, 6.07) is 39.3. The van der Waals surface area contributed by atoms with Crippen LogP contribution >= 0.6 is 0 Å². The first-order valence-electron chi connectivity index (χ1n) is 25.9. The second-order valence-electron chi connectivity index (χ2n) is 21.8. The molecule has 3 saturated heterocycles. The Hall–Kier alpha value is -3.87. The van der Waals surface area contributed by atoms with Gasteiger partial charge in [0.25, 0.3) is 0 Å². The summed E-state index contributed by atoms with van der Waals surface area (Å²) in [5.74, 6) is -2.29. The van der Waals surface area contributed by atoms with E-state index in [4.69, 9.17) is 42.3 Å². The number of fused-ring (bicyclic) bond motifs is 1. The van der Waals surface area contributed by atoms with Crippen molar-refractivity contribution < 1.29 is 57.3 Å². The lowest BCUT2D eigenvalue weighted by Gasteiger charge is -2.53. The van der Waals surface area contributed by atoms with Gasteiger partial charge in [-0.15, -0.1) is 0 Å². The number of aliphatic hydroxyl groups excluding tert-OH is 2. The number of ether oxygens (including phenoxy) is 8. The number of amides is 1. The summed E-state index contributed by atoms with van der Waals surface area (Å²) in [6.07, 6.45) is -5.93. The minimum absolute atomic E-state index is 0.0890.